The van der Waals surface area contributed by atoms with Gasteiger partial charge in [-0.05, 0) is 45.4 Å². The van der Waals surface area contributed by atoms with Gasteiger partial charge in [0.2, 0.25) is 0 Å². The molecule has 232 valence electrons. The standard InChI is InChI=1S/C27H41Cl2N2O9P/c1-5-7-14-24(26(33)40-19(16-37-18(3)32)17-39-41(35,36)38-6-2)31-27(4,34)20-11-8-9-15-23(20)30-25-21(28)12-10-13-22(25)29/h8-13,15,18-19,24,26,30-34H,5-7,14,16-17H2,1-4H3,(H,35,36). The van der Waals surface area contributed by atoms with Crippen LogP contribution in [0.5, 0.6) is 0 Å². The predicted molar refractivity (Wildman–Crippen MR) is 158 cm³/mol. The van der Waals surface area contributed by atoms with E-state index in [4.69, 9.17) is 41.7 Å². The van der Waals surface area contributed by atoms with E-state index in [2.05, 4.69) is 10.6 Å². The summed E-state index contributed by atoms with van der Waals surface area (Å²) in [7, 11) is -4.35. The molecule has 0 spiro atoms. The van der Waals surface area contributed by atoms with Gasteiger partial charge in [-0.3, -0.25) is 14.4 Å². The quantitative estimate of drug-likeness (QED) is 0.0880. The van der Waals surface area contributed by atoms with Crippen molar-refractivity contribution in [3.8, 4) is 0 Å². The molecule has 0 amide bonds. The van der Waals surface area contributed by atoms with E-state index in [1.165, 1.54) is 20.8 Å². The van der Waals surface area contributed by atoms with Crippen molar-refractivity contribution in [3.05, 3.63) is 58.1 Å². The highest BCUT2D eigenvalue weighted by Crippen LogP contribution is 2.43. The number of halogens is 2. The summed E-state index contributed by atoms with van der Waals surface area (Å²) in [5.41, 5.74) is -0.243. The molecule has 6 atom stereocenters. The zero-order chi connectivity index (χ0) is 30.6. The van der Waals surface area contributed by atoms with Gasteiger partial charge in [0.25, 0.3) is 0 Å². The molecular formula is C27H41Cl2N2O9P. The van der Waals surface area contributed by atoms with Crippen LogP contribution in [-0.2, 0) is 28.8 Å². The number of aliphatic hydroxyl groups excluding tert-OH is 2. The first-order chi connectivity index (χ1) is 19.3. The van der Waals surface area contributed by atoms with Crippen LogP contribution in [0.25, 0.3) is 0 Å². The number of phosphoric acid groups is 1. The summed E-state index contributed by atoms with van der Waals surface area (Å²) in [6.45, 7) is 5.65. The molecule has 0 saturated carbocycles. The Kier molecular flexibility index (Phi) is 15.0. The average Bonchev–Trinajstić information content (AvgIpc) is 2.90. The third-order valence-electron chi connectivity index (χ3n) is 5.92. The van der Waals surface area contributed by atoms with Crippen molar-refractivity contribution >= 4 is 42.4 Å². The number of phosphoric ester groups is 1. The fourth-order valence-corrected chi connectivity index (χ4v) is 5.21. The van der Waals surface area contributed by atoms with Gasteiger partial charge in [0.05, 0.1) is 41.6 Å². The summed E-state index contributed by atoms with van der Waals surface area (Å²) in [5, 5.41) is 39.3. The highest BCUT2D eigenvalue weighted by molar-refractivity contribution is 7.47. The molecule has 0 saturated heterocycles. The van der Waals surface area contributed by atoms with Gasteiger partial charge < -0.3 is 35.0 Å². The number of aliphatic hydroxyl groups is 3. The Morgan fingerprint density at radius 1 is 1.02 bits per heavy atom. The number of anilines is 2. The van der Waals surface area contributed by atoms with Crippen molar-refractivity contribution < 1.29 is 43.3 Å². The highest BCUT2D eigenvalue weighted by Gasteiger charge is 2.34. The Morgan fingerprint density at radius 2 is 1.68 bits per heavy atom. The van der Waals surface area contributed by atoms with Gasteiger partial charge in [0, 0.05) is 11.3 Å². The van der Waals surface area contributed by atoms with Crippen LogP contribution in [0.4, 0.5) is 11.4 Å². The maximum atomic E-state index is 12.0. The number of nitrogens with one attached hydrogen (secondary N) is 2. The topological polar surface area (TPSA) is 159 Å². The molecule has 0 aliphatic carbocycles. The number of hydrogen-bond donors (Lipinski definition) is 6. The zero-order valence-corrected chi connectivity index (χ0v) is 26.0. The fraction of sp³-hybridized carbons (Fsp3) is 0.556. The third kappa shape index (κ3) is 12.1. The minimum absolute atomic E-state index is 0.0524. The second kappa shape index (κ2) is 17.1. The smallest absolute Gasteiger partial charge is 0.372 e. The summed E-state index contributed by atoms with van der Waals surface area (Å²) in [5.74, 6) is 0. The molecule has 2 rings (SSSR count). The number of para-hydroxylation sites is 2. The molecular weight excluding hydrogens is 598 g/mol. The minimum atomic E-state index is -4.35. The summed E-state index contributed by atoms with van der Waals surface area (Å²) < 4.78 is 32.6. The van der Waals surface area contributed by atoms with Crippen molar-refractivity contribution in [2.24, 2.45) is 0 Å². The van der Waals surface area contributed by atoms with E-state index in [1.807, 2.05) is 6.92 Å². The lowest BCUT2D eigenvalue weighted by Gasteiger charge is -2.35. The van der Waals surface area contributed by atoms with Crippen molar-refractivity contribution in [3.63, 3.8) is 0 Å². The molecule has 0 radical (unpaired) electrons. The Bertz CT molecular complexity index is 1110. The van der Waals surface area contributed by atoms with Crippen LogP contribution < -0.4 is 10.6 Å². The van der Waals surface area contributed by atoms with E-state index in [0.29, 0.717) is 39.8 Å². The molecule has 0 aromatic heterocycles. The molecule has 14 heteroatoms. The second-order valence-electron chi connectivity index (χ2n) is 9.50. The maximum absolute atomic E-state index is 12.0. The molecule has 0 bridgehead atoms. The minimum Gasteiger partial charge on any atom is -0.372 e. The van der Waals surface area contributed by atoms with Crippen LogP contribution in [-0.4, -0.2) is 64.8 Å². The number of benzene rings is 2. The molecule has 41 heavy (non-hydrogen) atoms. The molecule has 6 unspecified atom stereocenters. The summed E-state index contributed by atoms with van der Waals surface area (Å²) in [4.78, 5) is 9.78. The molecule has 2 aromatic rings. The monoisotopic (exact) mass is 638 g/mol. The normalized spacial score (nSPS) is 17.7. The second-order valence-corrected chi connectivity index (χ2v) is 11.8. The Labute approximate surface area is 251 Å². The first-order valence-electron chi connectivity index (χ1n) is 13.3. The van der Waals surface area contributed by atoms with Gasteiger partial charge >= 0.3 is 7.82 Å². The maximum Gasteiger partial charge on any atom is 0.472 e. The first-order valence-corrected chi connectivity index (χ1v) is 15.6. The number of ether oxygens (including phenoxy) is 2. The van der Waals surface area contributed by atoms with Crippen molar-refractivity contribution in [1.29, 1.82) is 0 Å². The fourth-order valence-electron chi connectivity index (χ4n) is 3.96. The average molecular weight is 640 g/mol. The molecule has 0 heterocycles. The SMILES string of the molecule is CCCCC(NC(C)(O)c1ccccc1Nc1c(Cl)cccc1Cl)C(O)OC(COC(C)O)COP(=O)(O)OCC. The summed E-state index contributed by atoms with van der Waals surface area (Å²) >= 11 is 12.7. The molecule has 11 nitrogen and oxygen atoms in total. The molecule has 6 N–H and O–H groups in total. The van der Waals surface area contributed by atoms with Gasteiger partial charge in [0.15, 0.2) is 12.6 Å². The van der Waals surface area contributed by atoms with Crippen LogP contribution >= 0.6 is 31.0 Å². The van der Waals surface area contributed by atoms with Gasteiger partial charge in [0.1, 0.15) is 11.8 Å². The first kappa shape index (κ1) is 35.9. The largest absolute Gasteiger partial charge is 0.472 e. The van der Waals surface area contributed by atoms with E-state index < -0.39 is 44.9 Å². The van der Waals surface area contributed by atoms with Crippen LogP contribution in [0.3, 0.4) is 0 Å². The van der Waals surface area contributed by atoms with E-state index in [-0.39, 0.29) is 13.2 Å². The van der Waals surface area contributed by atoms with Crippen LogP contribution in [0.1, 0.15) is 52.5 Å². The Morgan fingerprint density at radius 3 is 2.29 bits per heavy atom. The Balaban J connectivity index is 2.27. The van der Waals surface area contributed by atoms with Crippen LogP contribution in [0.15, 0.2) is 42.5 Å². The van der Waals surface area contributed by atoms with Gasteiger partial charge in [-0.1, -0.05) is 67.2 Å². The van der Waals surface area contributed by atoms with E-state index >= 15 is 0 Å². The highest BCUT2D eigenvalue weighted by atomic mass is 35.5. The third-order valence-corrected chi connectivity index (χ3v) is 7.61. The summed E-state index contributed by atoms with van der Waals surface area (Å²) in [6, 6.07) is 11.3. The van der Waals surface area contributed by atoms with Crippen LogP contribution in [0.2, 0.25) is 10.0 Å². The summed E-state index contributed by atoms with van der Waals surface area (Å²) in [6.07, 6.45) is -1.84. The van der Waals surface area contributed by atoms with E-state index in [9.17, 15) is 24.8 Å². The lowest BCUT2D eigenvalue weighted by atomic mass is 9.99. The van der Waals surface area contributed by atoms with Crippen LogP contribution in [0, 0.1) is 0 Å². The van der Waals surface area contributed by atoms with E-state index in [0.717, 1.165) is 6.42 Å². The van der Waals surface area contributed by atoms with Crippen molar-refractivity contribution in [2.45, 2.75) is 77.4 Å². The number of hydrogen-bond acceptors (Lipinski definition) is 10. The molecule has 0 aliphatic heterocycles. The lowest BCUT2D eigenvalue weighted by Crippen LogP contribution is -2.53. The molecule has 2 aromatic carbocycles. The predicted octanol–water partition coefficient (Wildman–Crippen LogP) is 5.26. The van der Waals surface area contributed by atoms with Gasteiger partial charge in [-0.2, -0.15) is 0 Å². The zero-order valence-electron chi connectivity index (χ0n) is 23.6. The van der Waals surface area contributed by atoms with Gasteiger partial charge in [-0.15, -0.1) is 0 Å². The Hall–Kier alpha value is -1.31. The molecule has 0 fully saturated rings. The number of unbranched alkanes of at least 4 members (excludes halogenated alkanes) is 1. The lowest BCUT2D eigenvalue weighted by molar-refractivity contribution is -0.200. The van der Waals surface area contributed by atoms with Crippen molar-refractivity contribution in [2.75, 3.05) is 25.1 Å². The van der Waals surface area contributed by atoms with Gasteiger partial charge in [-0.25, -0.2) is 4.57 Å². The van der Waals surface area contributed by atoms with Crippen molar-refractivity contribution in [1.82, 2.24) is 5.32 Å². The number of rotatable bonds is 19. The molecule has 0 aliphatic rings. The van der Waals surface area contributed by atoms with E-state index in [1.54, 1.807) is 42.5 Å².